The van der Waals surface area contributed by atoms with E-state index in [-0.39, 0.29) is 0 Å². The Kier molecular flexibility index (Phi) is 3.98. The first kappa shape index (κ1) is 11.1. The van der Waals surface area contributed by atoms with Gasteiger partial charge in [-0.1, -0.05) is 6.92 Å². The second-order valence-corrected chi connectivity index (χ2v) is 3.54. The summed E-state index contributed by atoms with van der Waals surface area (Å²) >= 11 is 0. The molecule has 1 aromatic rings. The van der Waals surface area contributed by atoms with E-state index in [1.54, 1.807) is 0 Å². The fourth-order valence-corrected chi connectivity index (χ4v) is 1.71. The molecule has 80 valence electrons. The first-order chi connectivity index (χ1) is 6.72. The van der Waals surface area contributed by atoms with Gasteiger partial charge in [0.2, 0.25) is 0 Å². The van der Waals surface area contributed by atoms with Crippen LogP contribution in [0.5, 0.6) is 0 Å². The fourth-order valence-electron chi connectivity index (χ4n) is 1.71. The van der Waals surface area contributed by atoms with E-state index < -0.39 is 0 Å². The molecular formula is C11H21N3. The van der Waals surface area contributed by atoms with Gasteiger partial charge in [0.15, 0.2) is 0 Å². The molecule has 0 unspecified atom stereocenters. The summed E-state index contributed by atoms with van der Waals surface area (Å²) in [4.78, 5) is 2.34. The molecule has 1 aromatic heterocycles. The number of aromatic nitrogens is 2. The van der Waals surface area contributed by atoms with Gasteiger partial charge in [0.05, 0.1) is 5.69 Å². The third-order valence-electron chi connectivity index (χ3n) is 2.40. The van der Waals surface area contributed by atoms with Crippen molar-refractivity contribution in [3.05, 3.63) is 11.8 Å². The molecule has 0 aromatic carbocycles. The summed E-state index contributed by atoms with van der Waals surface area (Å²) in [6.45, 7) is 11.7. The predicted octanol–water partition coefficient (Wildman–Crippen LogP) is 2.45. The maximum atomic E-state index is 4.49. The van der Waals surface area contributed by atoms with Crippen LogP contribution in [0.2, 0.25) is 0 Å². The topological polar surface area (TPSA) is 21.1 Å². The molecule has 0 aliphatic carbocycles. The molecule has 0 aliphatic rings. The van der Waals surface area contributed by atoms with E-state index >= 15 is 0 Å². The van der Waals surface area contributed by atoms with Crippen LogP contribution in [-0.2, 0) is 6.54 Å². The highest BCUT2D eigenvalue weighted by molar-refractivity contribution is 5.40. The molecule has 1 rings (SSSR count). The quantitative estimate of drug-likeness (QED) is 0.719. The van der Waals surface area contributed by atoms with Gasteiger partial charge in [-0.3, -0.25) is 0 Å². The average Bonchev–Trinajstić information content (AvgIpc) is 2.50. The van der Waals surface area contributed by atoms with Crippen molar-refractivity contribution in [3.63, 3.8) is 0 Å². The van der Waals surface area contributed by atoms with E-state index in [1.807, 2.05) is 0 Å². The van der Waals surface area contributed by atoms with E-state index in [9.17, 15) is 0 Å². The molecule has 0 bridgehead atoms. The van der Waals surface area contributed by atoms with E-state index in [0.29, 0.717) is 0 Å². The molecule has 0 amide bonds. The average molecular weight is 195 g/mol. The van der Waals surface area contributed by atoms with Gasteiger partial charge in [-0.25, -0.2) is 4.68 Å². The van der Waals surface area contributed by atoms with Crippen molar-refractivity contribution in [1.82, 2.24) is 9.78 Å². The number of hydrogen-bond donors (Lipinski definition) is 0. The van der Waals surface area contributed by atoms with Crippen molar-refractivity contribution in [2.24, 2.45) is 0 Å². The Labute approximate surface area is 86.7 Å². The van der Waals surface area contributed by atoms with Gasteiger partial charge in [0.25, 0.3) is 0 Å². The van der Waals surface area contributed by atoms with Crippen LogP contribution in [0.1, 0.15) is 32.9 Å². The Balaban J connectivity index is 2.92. The molecule has 1 heterocycles. The SMILES string of the molecule is CCCn1nc(C)cc1N(CC)CC. The van der Waals surface area contributed by atoms with Crippen molar-refractivity contribution < 1.29 is 0 Å². The zero-order chi connectivity index (χ0) is 10.6. The van der Waals surface area contributed by atoms with E-state index in [4.69, 9.17) is 0 Å². The molecule has 0 saturated carbocycles. The number of rotatable bonds is 5. The Hall–Kier alpha value is -0.990. The minimum atomic E-state index is 1.01. The lowest BCUT2D eigenvalue weighted by molar-refractivity contribution is 0.588. The van der Waals surface area contributed by atoms with Crippen LogP contribution < -0.4 is 4.90 Å². The highest BCUT2D eigenvalue weighted by atomic mass is 15.4. The van der Waals surface area contributed by atoms with Crippen molar-refractivity contribution in [1.29, 1.82) is 0 Å². The first-order valence-electron chi connectivity index (χ1n) is 5.52. The van der Waals surface area contributed by atoms with Crippen LogP contribution in [0.3, 0.4) is 0 Å². The second-order valence-electron chi connectivity index (χ2n) is 3.54. The van der Waals surface area contributed by atoms with Gasteiger partial charge < -0.3 is 4.90 Å². The molecule has 0 radical (unpaired) electrons. The monoisotopic (exact) mass is 195 g/mol. The van der Waals surface area contributed by atoms with Gasteiger partial charge in [-0.2, -0.15) is 5.10 Å². The lowest BCUT2D eigenvalue weighted by Crippen LogP contribution is -2.25. The summed E-state index contributed by atoms with van der Waals surface area (Å²) in [7, 11) is 0. The summed E-state index contributed by atoms with van der Waals surface area (Å²) in [5.41, 5.74) is 1.11. The molecule has 0 N–H and O–H groups in total. The predicted molar refractivity (Wildman–Crippen MR) is 60.8 cm³/mol. The summed E-state index contributed by atoms with van der Waals surface area (Å²) in [5, 5.41) is 4.49. The van der Waals surface area contributed by atoms with Crippen molar-refractivity contribution in [3.8, 4) is 0 Å². The van der Waals surface area contributed by atoms with Crippen LogP contribution >= 0.6 is 0 Å². The maximum absolute atomic E-state index is 4.49. The van der Waals surface area contributed by atoms with Crippen LogP contribution in [-0.4, -0.2) is 22.9 Å². The highest BCUT2D eigenvalue weighted by Crippen LogP contribution is 2.16. The van der Waals surface area contributed by atoms with Crippen LogP contribution in [0.15, 0.2) is 6.07 Å². The van der Waals surface area contributed by atoms with E-state index in [1.165, 1.54) is 5.82 Å². The van der Waals surface area contributed by atoms with Crippen LogP contribution in [0.25, 0.3) is 0 Å². The largest absolute Gasteiger partial charge is 0.357 e. The fraction of sp³-hybridized carbons (Fsp3) is 0.727. The smallest absolute Gasteiger partial charge is 0.127 e. The van der Waals surface area contributed by atoms with E-state index in [0.717, 1.165) is 31.7 Å². The molecule has 3 heteroatoms. The normalized spacial score (nSPS) is 10.6. The molecule has 0 spiro atoms. The summed E-state index contributed by atoms with van der Waals surface area (Å²) in [6.07, 6.45) is 1.13. The van der Waals surface area contributed by atoms with E-state index in [2.05, 4.69) is 48.4 Å². The summed E-state index contributed by atoms with van der Waals surface area (Å²) in [6, 6.07) is 2.17. The molecule has 3 nitrogen and oxygen atoms in total. The Morgan fingerprint density at radius 3 is 2.43 bits per heavy atom. The van der Waals surface area contributed by atoms with Crippen molar-refractivity contribution >= 4 is 5.82 Å². The zero-order valence-electron chi connectivity index (χ0n) is 9.75. The number of anilines is 1. The third-order valence-corrected chi connectivity index (χ3v) is 2.40. The van der Waals surface area contributed by atoms with Crippen molar-refractivity contribution in [2.75, 3.05) is 18.0 Å². The molecular weight excluding hydrogens is 174 g/mol. The van der Waals surface area contributed by atoms with Crippen LogP contribution in [0.4, 0.5) is 5.82 Å². The minimum absolute atomic E-state index is 1.01. The highest BCUT2D eigenvalue weighted by Gasteiger charge is 2.09. The first-order valence-corrected chi connectivity index (χ1v) is 5.52. The van der Waals surface area contributed by atoms with Gasteiger partial charge >= 0.3 is 0 Å². The Bertz CT molecular complexity index is 274. The Morgan fingerprint density at radius 2 is 1.93 bits per heavy atom. The maximum Gasteiger partial charge on any atom is 0.127 e. The summed E-state index contributed by atoms with van der Waals surface area (Å²) in [5.74, 6) is 1.26. The minimum Gasteiger partial charge on any atom is -0.357 e. The number of hydrogen-bond acceptors (Lipinski definition) is 2. The van der Waals surface area contributed by atoms with Crippen LogP contribution in [0, 0.1) is 6.92 Å². The molecule has 0 fully saturated rings. The lowest BCUT2D eigenvalue weighted by Gasteiger charge is -2.21. The number of nitrogens with zero attached hydrogens (tertiary/aromatic N) is 3. The van der Waals surface area contributed by atoms with Gasteiger partial charge in [0, 0.05) is 25.7 Å². The Morgan fingerprint density at radius 1 is 1.29 bits per heavy atom. The lowest BCUT2D eigenvalue weighted by atomic mass is 10.4. The second kappa shape index (κ2) is 5.03. The zero-order valence-corrected chi connectivity index (χ0v) is 9.75. The standard InChI is InChI=1S/C11H21N3/c1-5-8-14-11(9-10(4)12-14)13(6-2)7-3/h9H,5-8H2,1-4H3. The third kappa shape index (κ3) is 2.28. The molecule has 14 heavy (non-hydrogen) atoms. The van der Waals surface area contributed by atoms with Gasteiger partial charge in [-0.05, 0) is 27.2 Å². The number of aryl methyl sites for hydroxylation is 2. The van der Waals surface area contributed by atoms with Crippen molar-refractivity contribution in [2.45, 2.75) is 40.7 Å². The molecule has 0 atom stereocenters. The molecule has 0 aliphatic heterocycles. The van der Waals surface area contributed by atoms with Gasteiger partial charge in [-0.15, -0.1) is 0 Å². The summed E-state index contributed by atoms with van der Waals surface area (Å²) < 4.78 is 2.11. The van der Waals surface area contributed by atoms with Gasteiger partial charge in [0.1, 0.15) is 5.82 Å². The molecule has 0 saturated heterocycles.